The van der Waals surface area contributed by atoms with Crippen LogP contribution in [0.15, 0.2) is 64.5 Å². The minimum Gasteiger partial charge on any atom is -0.507 e. The number of aromatic nitrogens is 1. The van der Waals surface area contributed by atoms with E-state index >= 15 is 0 Å². The van der Waals surface area contributed by atoms with E-state index in [1.165, 1.54) is 12.1 Å². The van der Waals surface area contributed by atoms with Crippen LogP contribution in [0.25, 0.3) is 0 Å². The number of phenolic OH excluding ortho intramolecular Hbond substituents is 1. The van der Waals surface area contributed by atoms with Crippen LogP contribution in [-0.2, 0) is 29.7 Å². The van der Waals surface area contributed by atoms with E-state index in [0.717, 1.165) is 0 Å². The highest BCUT2D eigenvalue weighted by atomic mass is 32.2. The van der Waals surface area contributed by atoms with E-state index in [2.05, 4.69) is 4.98 Å². The number of benzene rings is 1. The summed E-state index contributed by atoms with van der Waals surface area (Å²) in [6.07, 6.45) is 10.9. The topological polar surface area (TPSA) is 211 Å². The van der Waals surface area contributed by atoms with Crippen LogP contribution in [0.1, 0.15) is 69.0 Å². The van der Waals surface area contributed by atoms with Crippen LogP contribution in [0.4, 0.5) is 0 Å². The van der Waals surface area contributed by atoms with Gasteiger partial charge in [-0.05, 0) is 38.8 Å². The number of H-pyrrole nitrogens is 1. The number of nitrogens with zero attached hydrogens (tertiary/aromatic N) is 2. The van der Waals surface area contributed by atoms with E-state index in [9.17, 15) is 37.8 Å². The van der Waals surface area contributed by atoms with E-state index < -0.39 is 80.0 Å². The average molecular weight is 788 g/mol. The van der Waals surface area contributed by atoms with Gasteiger partial charge in [0.05, 0.1) is 46.9 Å². The van der Waals surface area contributed by atoms with Gasteiger partial charge in [0.1, 0.15) is 11.9 Å². The van der Waals surface area contributed by atoms with Crippen LogP contribution in [0.3, 0.4) is 0 Å². The molecule has 2 aromatic rings. The lowest BCUT2D eigenvalue weighted by atomic mass is 9.60. The van der Waals surface area contributed by atoms with Crippen molar-refractivity contribution in [1.29, 1.82) is 0 Å². The fourth-order valence-corrected chi connectivity index (χ4v) is 9.94. The maximum atomic E-state index is 14.4. The summed E-state index contributed by atoms with van der Waals surface area (Å²) in [5, 5.41) is 25.1. The van der Waals surface area contributed by atoms with E-state index in [4.69, 9.17) is 23.9 Å². The summed E-state index contributed by atoms with van der Waals surface area (Å²) in [7, 11) is -3.12. The molecule has 3 aliphatic carbocycles. The molecule has 15 nitrogen and oxygen atoms in total. The molecular formula is C40H41N3O12S. The van der Waals surface area contributed by atoms with Gasteiger partial charge in [0.25, 0.3) is 5.56 Å². The standard InChI is InChI=1S/C40H41N3O12S/c1-3-4-5-6-7-11-27(44)54-25-10-8-9-22-32(41-12-13-43-14-16-56(50,51)17-15-43)30-34(46)31-29-26(52-20-53-36(29)37(30)55-35(22)25)19-24-33(45)23-18-21(2)42-39(48)28(23)38(47)40(24,31)49/h3-8,10-11,18,22,24-26,35,46,49H,9,12-17,19-20H2,1-2H3,(H,42,48)/b4-3+,6-5+,11-7+,41-32?/t22-,24+,25+,26+,35-,40+/m0/s1. The second-order valence-corrected chi connectivity index (χ2v) is 17.0. The Labute approximate surface area is 321 Å². The number of fused-ring (bicyclic) bond motifs is 6. The first-order chi connectivity index (χ1) is 26.8. The van der Waals surface area contributed by atoms with Gasteiger partial charge in [0.2, 0.25) is 5.78 Å². The van der Waals surface area contributed by atoms with E-state index in [0.29, 0.717) is 37.5 Å². The van der Waals surface area contributed by atoms with Crippen molar-refractivity contribution >= 4 is 33.1 Å². The Morgan fingerprint density at radius 3 is 2.66 bits per heavy atom. The number of aliphatic hydroxyl groups is 1. The van der Waals surface area contributed by atoms with Crippen molar-refractivity contribution in [3.8, 4) is 17.2 Å². The average Bonchev–Trinajstić information content (AvgIpc) is 3.16. The number of aromatic hydroxyl groups is 1. The number of allylic oxidation sites excluding steroid dienone is 6. The molecule has 0 amide bonds. The lowest BCUT2D eigenvalue weighted by molar-refractivity contribution is -0.146. The van der Waals surface area contributed by atoms with Gasteiger partial charge in [-0.3, -0.25) is 24.3 Å². The summed E-state index contributed by atoms with van der Waals surface area (Å²) >= 11 is 0. The molecule has 16 heteroatoms. The number of carbonyl (C=O) groups is 3. The number of aromatic amines is 1. The number of carbonyl (C=O) groups excluding carboxylic acids is 3. The number of aryl methyl sites for hydroxylation is 1. The SMILES string of the molecule is C/C=C/C=C/C=C/C(=O)O[C@@H]1C=CC[C@H]2C(=NCCN3CCS(=O)(=O)CC3)c3c(O)c4c5c(c3O[C@H]12)OCO[C@@H]5C[C@@H]1C(=O)c2cc(C)[nH]c(=O)c2C(=O)[C@]41O. The highest BCUT2D eigenvalue weighted by Gasteiger charge is 2.63. The number of esters is 1. The second-order valence-electron chi connectivity index (χ2n) is 14.7. The smallest absolute Gasteiger partial charge is 0.331 e. The van der Waals surface area contributed by atoms with Gasteiger partial charge in [0.15, 0.2) is 45.6 Å². The molecule has 3 aliphatic heterocycles. The molecule has 6 atom stereocenters. The van der Waals surface area contributed by atoms with Gasteiger partial charge in [-0.15, -0.1) is 0 Å². The first kappa shape index (κ1) is 37.7. The summed E-state index contributed by atoms with van der Waals surface area (Å²) in [4.78, 5) is 64.3. The number of Topliss-reactive ketones (excluding diaryl/α,β-unsaturated/α-hetero) is 2. The third-order valence-electron chi connectivity index (χ3n) is 11.3. The maximum Gasteiger partial charge on any atom is 0.331 e. The number of rotatable bonds is 7. The van der Waals surface area contributed by atoms with Crippen molar-refractivity contribution in [1.82, 2.24) is 9.88 Å². The molecule has 8 rings (SSSR count). The molecule has 3 N–H and O–H groups in total. The minimum atomic E-state index is -3.12. The molecule has 0 radical (unpaired) electrons. The Bertz CT molecular complexity index is 2340. The van der Waals surface area contributed by atoms with Gasteiger partial charge in [-0.25, -0.2) is 13.2 Å². The van der Waals surface area contributed by atoms with Crippen LogP contribution < -0.4 is 15.0 Å². The number of phenols is 1. The molecular weight excluding hydrogens is 747 g/mol. The monoisotopic (exact) mass is 787 g/mol. The fraction of sp³-hybridized carbons (Fsp3) is 0.425. The first-order valence-electron chi connectivity index (χ1n) is 18.5. The quantitative estimate of drug-likeness (QED) is 0.160. The second kappa shape index (κ2) is 14.4. The van der Waals surface area contributed by atoms with Crippen LogP contribution in [0, 0.1) is 18.8 Å². The van der Waals surface area contributed by atoms with Crippen molar-refractivity contribution < 1.29 is 52.0 Å². The Hall–Kier alpha value is -5.16. The maximum absolute atomic E-state index is 14.4. The summed E-state index contributed by atoms with van der Waals surface area (Å²) < 4.78 is 48.7. The molecule has 1 aromatic heterocycles. The summed E-state index contributed by atoms with van der Waals surface area (Å²) in [5.74, 6) is -4.80. The third kappa shape index (κ3) is 6.24. The van der Waals surface area contributed by atoms with Crippen LogP contribution in [0.5, 0.6) is 17.2 Å². The highest BCUT2D eigenvalue weighted by molar-refractivity contribution is 7.91. The molecule has 0 unspecified atom stereocenters. The van der Waals surface area contributed by atoms with Gasteiger partial charge >= 0.3 is 5.97 Å². The van der Waals surface area contributed by atoms with Crippen molar-refractivity contribution in [2.24, 2.45) is 16.8 Å². The zero-order chi connectivity index (χ0) is 39.5. The van der Waals surface area contributed by atoms with Crippen molar-refractivity contribution in [2.45, 2.75) is 50.6 Å². The van der Waals surface area contributed by atoms with Gasteiger partial charge < -0.3 is 34.1 Å². The molecule has 6 aliphatic rings. The number of pyridine rings is 1. The Morgan fingerprint density at radius 2 is 1.89 bits per heavy atom. The van der Waals surface area contributed by atoms with Crippen molar-refractivity contribution in [3.05, 3.63) is 98.5 Å². The van der Waals surface area contributed by atoms with Gasteiger partial charge in [-0.2, -0.15) is 0 Å². The Balaban J connectivity index is 1.25. The lowest BCUT2D eigenvalue weighted by Gasteiger charge is -2.48. The lowest BCUT2D eigenvalue weighted by Crippen LogP contribution is -2.56. The zero-order valence-corrected chi connectivity index (χ0v) is 31.5. The third-order valence-corrected chi connectivity index (χ3v) is 12.9. The molecule has 0 spiro atoms. The number of ketones is 2. The van der Waals surface area contributed by atoms with E-state index in [1.807, 2.05) is 30.1 Å². The van der Waals surface area contributed by atoms with Gasteiger partial charge in [0, 0.05) is 54.0 Å². The molecule has 0 bridgehead atoms. The predicted octanol–water partition coefficient (Wildman–Crippen LogP) is 2.54. The van der Waals surface area contributed by atoms with Crippen molar-refractivity contribution in [3.63, 3.8) is 0 Å². The van der Waals surface area contributed by atoms with Crippen molar-refractivity contribution in [2.75, 3.05) is 44.5 Å². The van der Waals surface area contributed by atoms with E-state index in [-0.39, 0.29) is 65.0 Å². The van der Waals surface area contributed by atoms with Crippen LogP contribution in [-0.4, -0.2) is 108 Å². The molecule has 56 heavy (non-hydrogen) atoms. The predicted molar refractivity (Wildman–Crippen MR) is 201 cm³/mol. The molecule has 4 heterocycles. The molecule has 294 valence electrons. The van der Waals surface area contributed by atoms with Crippen LogP contribution >= 0.6 is 0 Å². The molecule has 1 saturated heterocycles. The Morgan fingerprint density at radius 1 is 1.12 bits per heavy atom. The zero-order valence-electron chi connectivity index (χ0n) is 30.7. The molecule has 1 aromatic carbocycles. The number of hydrogen-bond donors (Lipinski definition) is 3. The number of nitrogens with one attached hydrogen (secondary N) is 1. The minimum absolute atomic E-state index is 0.0224. The van der Waals surface area contributed by atoms with E-state index in [1.54, 1.807) is 31.2 Å². The summed E-state index contributed by atoms with van der Waals surface area (Å²) in [5.41, 5.74) is -3.68. The summed E-state index contributed by atoms with van der Waals surface area (Å²) in [6, 6.07) is 1.40. The summed E-state index contributed by atoms with van der Waals surface area (Å²) in [6.45, 7) is 4.37. The number of sulfone groups is 1. The molecule has 1 fully saturated rings. The van der Waals surface area contributed by atoms with Gasteiger partial charge in [-0.1, -0.05) is 36.5 Å². The highest BCUT2D eigenvalue weighted by Crippen LogP contribution is 2.62. The largest absolute Gasteiger partial charge is 0.507 e. The number of ether oxygens (including phenoxy) is 4. The normalized spacial score (nSPS) is 29.7. The number of hydrogen-bond acceptors (Lipinski definition) is 14. The number of aliphatic imine (C=N–C) groups is 1. The fourth-order valence-electron chi connectivity index (χ4n) is 8.66. The Kier molecular flexibility index (Phi) is 9.71. The first-order valence-corrected chi connectivity index (χ1v) is 20.4. The molecule has 0 saturated carbocycles. The van der Waals surface area contributed by atoms with Crippen LogP contribution in [0.2, 0.25) is 0 Å².